The van der Waals surface area contributed by atoms with Crippen LogP contribution in [0.4, 0.5) is 0 Å². The van der Waals surface area contributed by atoms with Crippen molar-refractivity contribution >= 4 is 0 Å². The number of benzene rings is 2. The molecule has 2 aromatic carbocycles. The molecule has 0 amide bonds. The van der Waals surface area contributed by atoms with Gasteiger partial charge in [0.2, 0.25) is 5.88 Å². The average molecular weight is 302 g/mol. The molecule has 1 aromatic heterocycles. The Morgan fingerprint density at radius 2 is 1.65 bits per heavy atom. The van der Waals surface area contributed by atoms with Gasteiger partial charge in [-0.05, 0) is 12.1 Å². The van der Waals surface area contributed by atoms with Crippen molar-refractivity contribution in [2.24, 2.45) is 0 Å². The Balaban J connectivity index is 1.83. The van der Waals surface area contributed by atoms with Crippen LogP contribution in [-0.2, 0) is 0 Å². The standard InChI is InChI=1S/C20H18N2O/c1-3-15(2)17-11-7-8-12-19(17)23-20-14-13-18(21-22-20)16-9-5-4-6-10-16/h3-15H,1H2,2H3. The summed E-state index contributed by atoms with van der Waals surface area (Å²) in [6, 6.07) is 21.6. The minimum Gasteiger partial charge on any atom is -0.437 e. The number of hydrogen-bond donors (Lipinski definition) is 0. The lowest BCUT2D eigenvalue weighted by Crippen LogP contribution is -1.97. The van der Waals surface area contributed by atoms with Crippen molar-refractivity contribution in [2.75, 3.05) is 0 Å². The summed E-state index contributed by atoms with van der Waals surface area (Å²) in [5, 5.41) is 8.42. The van der Waals surface area contributed by atoms with E-state index in [0.29, 0.717) is 5.88 Å². The molecule has 3 rings (SSSR count). The van der Waals surface area contributed by atoms with E-state index < -0.39 is 0 Å². The Hall–Kier alpha value is -2.94. The van der Waals surface area contributed by atoms with Gasteiger partial charge in [-0.15, -0.1) is 16.8 Å². The zero-order valence-corrected chi connectivity index (χ0v) is 13.0. The normalized spacial score (nSPS) is 11.7. The Labute approximate surface area is 136 Å². The molecule has 0 aliphatic carbocycles. The molecule has 0 saturated carbocycles. The first-order valence-electron chi connectivity index (χ1n) is 7.56. The first-order valence-corrected chi connectivity index (χ1v) is 7.56. The Morgan fingerprint density at radius 1 is 0.913 bits per heavy atom. The van der Waals surface area contributed by atoms with E-state index in [9.17, 15) is 0 Å². The van der Waals surface area contributed by atoms with Gasteiger partial charge in [0.25, 0.3) is 0 Å². The third kappa shape index (κ3) is 3.46. The smallest absolute Gasteiger partial charge is 0.238 e. The number of allylic oxidation sites excluding steroid dienone is 1. The predicted octanol–water partition coefficient (Wildman–Crippen LogP) is 5.23. The van der Waals surface area contributed by atoms with Gasteiger partial charge in [0.05, 0.1) is 5.69 Å². The number of para-hydroxylation sites is 1. The summed E-state index contributed by atoms with van der Waals surface area (Å²) in [4.78, 5) is 0. The maximum Gasteiger partial charge on any atom is 0.238 e. The molecule has 0 bridgehead atoms. The van der Waals surface area contributed by atoms with Gasteiger partial charge in [-0.1, -0.05) is 61.5 Å². The van der Waals surface area contributed by atoms with Gasteiger partial charge >= 0.3 is 0 Å². The van der Waals surface area contributed by atoms with E-state index in [2.05, 4.69) is 23.7 Å². The van der Waals surface area contributed by atoms with Crippen LogP contribution in [0, 0.1) is 0 Å². The van der Waals surface area contributed by atoms with Crippen molar-refractivity contribution in [3.8, 4) is 22.9 Å². The highest BCUT2D eigenvalue weighted by Gasteiger charge is 2.10. The van der Waals surface area contributed by atoms with Gasteiger partial charge in [0.15, 0.2) is 0 Å². The maximum absolute atomic E-state index is 5.90. The minimum atomic E-state index is 0.211. The zero-order valence-electron chi connectivity index (χ0n) is 13.0. The molecule has 0 aliphatic rings. The lowest BCUT2D eigenvalue weighted by molar-refractivity contribution is 0.449. The lowest BCUT2D eigenvalue weighted by atomic mass is 10.0. The summed E-state index contributed by atoms with van der Waals surface area (Å²) >= 11 is 0. The van der Waals surface area contributed by atoms with Gasteiger partial charge in [0, 0.05) is 23.1 Å². The highest BCUT2D eigenvalue weighted by Crippen LogP contribution is 2.30. The Bertz CT molecular complexity index is 782. The van der Waals surface area contributed by atoms with Crippen molar-refractivity contribution in [3.05, 3.63) is 84.9 Å². The summed E-state index contributed by atoms with van der Waals surface area (Å²) < 4.78 is 5.90. The molecule has 0 N–H and O–H groups in total. The SMILES string of the molecule is C=CC(C)c1ccccc1Oc1ccc(-c2ccccc2)nn1. The first-order chi connectivity index (χ1) is 11.3. The molecular weight excluding hydrogens is 284 g/mol. The van der Waals surface area contributed by atoms with Gasteiger partial charge < -0.3 is 4.74 Å². The van der Waals surface area contributed by atoms with Crippen LogP contribution < -0.4 is 4.74 Å². The van der Waals surface area contributed by atoms with Gasteiger partial charge in [-0.3, -0.25) is 0 Å². The Kier molecular flexibility index (Phi) is 4.48. The van der Waals surface area contributed by atoms with Crippen molar-refractivity contribution in [3.63, 3.8) is 0 Å². The molecule has 1 unspecified atom stereocenters. The molecule has 3 nitrogen and oxygen atoms in total. The minimum absolute atomic E-state index is 0.211. The molecule has 3 aromatic rings. The molecule has 23 heavy (non-hydrogen) atoms. The molecule has 3 heteroatoms. The molecule has 0 aliphatic heterocycles. The number of hydrogen-bond acceptors (Lipinski definition) is 3. The number of ether oxygens (including phenoxy) is 1. The molecule has 0 saturated heterocycles. The molecule has 0 fully saturated rings. The predicted molar refractivity (Wildman–Crippen MR) is 92.6 cm³/mol. The topological polar surface area (TPSA) is 35.0 Å². The first kappa shape index (κ1) is 15.0. The summed E-state index contributed by atoms with van der Waals surface area (Å²) in [6.45, 7) is 5.93. The van der Waals surface area contributed by atoms with Crippen LogP contribution in [0.15, 0.2) is 79.4 Å². The van der Waals surface area contributed by atoms with E-state index in [0.717, 1.165) is 22.6 Å². The van der Waals surface area contributed by atoms with E-state index >= 15 is 0 Å². The largest absolute Gasteiger partial charge is 0.437 e. The highest BCUT2D eigenvalue weighted by molar-refractivity contribution is 5.58. The number of aromatic nitrogens is 2. The van der Waals surface area contributed by atoms with Crippen LogP contribution in [0.5, 0.6) is 11.6 Å². The van der Waals surface area contributed by atoms with Crippen LogP contribution in [0.3, 0.4) is 0 Å². The van der Waals surface area contributed by atoms with Gasteiger partial charge in [-0.2, -0.15) is 0 Å². The molecule has 114 valence electrons. The van der Waals surface area contributed by atoms with E-state index in [-0.39, 0.29) is 5.92 Å². The Morgan fingerprint density at radius 3 is 2.35 bits per heavy atom. The van der Waals surface area contributed by atoms with E-state index in [4.69, 9.17) is 4.74 Å². The fraction of sp³-hybridized carbons (Fsp3) is 0.100. The summed E-state index contributed by atoms with van der Waals surface area (Å²) in [7, 11) is 0. The molecule has 0 spiro atoms. The molecule has 0 radical (unpaired) electrons. The third-order valence-corrected chi connectivity index (χ3v) is 3.69. The second-order valence-corrected chi connectivity index (χ2v) is 5.29. The van der Waals surface area contributed by atoms with Crippen LogP contribution in [-0.4, -0.2) is 10.2 Å². The molecule has 1 atom stereocenters. The van der Waals surface area contributed by atoms with Crippen molar-refractivity contribution in [1.29, 1.82) is 0 Å². The zero-order chi connectivity index (χ0) is 16.1. The van der Waals surface area contributed by atoms with Crippen LogP contribution in [0.1, 0.15) is 18.4 Å². The highest BCUT2D eigenvalue weighted by atomic mass is 16.5. The second kappa shape index (κ2) is 6.88. The molecular formula is C20H18N2O. The van der Waals surface area contributed by atoms with Gasteiger partial charge in [-0.25, -0.2) is 0 Å². The maximum atomic E-state index is 5.90. The quantitative estimate of drug-likeness (QED) is 0.606. The van der Waals surface area contributed by atoms with E-state index in [1.165, 1.54) is 0 Å². The van der Waals surface area contributed by atoms with Gasteiger partial charge in [0.1, 0.15) is 5.75 Å². The second-order valence-electron chi connectivity index (χ2n) is 5.29. The van der Waals surface area contributed by atoms with Crippen molar-refractivity contribution in [1.82, 2.24) is 10.2 Å². The fourth-order valence-electron chi connectivity index (χ4n) is 2.33. The fourth-order valence-corrected chi connectivity index (χ4v) is 2.33. The third-order valence-electron chi connectivity index (χ3n) is 3.69. The van der Waals surface area contributed by atoms with E-state index in [1.807, 2.05) is 72.8 Å². The molecule has 1 heterocycles. The monoisotopic (exact) mass is 302 g/mol. The van der Waals surface area contributed by atoms with Crippen molar-refractivity contribution in [2.45, 2.75) is 12.8 Å². The van der Waals surface area contributed by atoms with E-state index in [1.54, 1.807) is 0 Å². The summed E-state index contributed by atoms with van der Waals surface area (Å²) in [5.41, 5.74) is 2.94. The van der Waals surface area contributed by atoms with Crippen LogP contribution in [0.2, 0.25) is 0 Å². The summed E-state index contributed by atoms with van der Waals surface area (Å²) in [5.74, 6) is 1.47. The lowest BCUT2D eigenvalue weighted by Gasteiger charge is -2.13. The number of nitrogens with zero attached hydrogens (tertiary/aromatic N) is 2. The number of rotatable bonds is 5. The van der Waals surface area contributed by atoms with Crippen LogP contribution >= 0.6 is 0 Å². The summed E-state index contributed by atoms with van der Waals surface area (Å²) in [6.07, 6.45) is 1.90. The van der Waals surface area contributed by atoms with Crippen molar-refractivity contribution < 1.29 is 4.74 Å². The average Bonchev–Trinajstić information content (AvgIpc) is 2.63. The van der Waals surface area contributed by atoms with Crippen LogP contribution in [0.25, 0.3) is 11.3 Å².